The SMILES string of the molecule is CN=C(NCCCOC(C)c1ccccc1)NCc1ccc(NC(=O)OC)cc1.I. The molecular formula is C22H31IN4O3. The predicted molar refractivity (Wildman–Crippen MR) is 132 cm³/mol. The Kier molecular flexibility index (Phi) is 12.5. The number of amides is 1. The lowest BCUT2D eigenvalue weighted by Gasteiger charge is -2.15. The first-order chi connectivity index (χ1) is 14.1. The minimum absolute atomic E-state index is 0. The molecule has 164 valence electrons. The van der Waals surface area contributed by atoms with Gasteiger partial charge in [-0.2, -0.15) is 0 Å². The highest BCUT2D eigenvalue weighted by Gasteiger charge is 2.05. The minimum atomic E-state index is -0.484. The fraction of sp³-hybridized carbons (Fsp3) is 0.364. The fourth-order valence-corrected chi connectivity index (χ4v) is 2.64. The van der Waals surface area contributed by atoms with Gasteiger partial charge in [0.25, 0.3) is 0 Å². The molecule has 8 heteroatoms. The lowest BCUT2D eigenvalue weighted by molar-refractivity contribution is 0.0646. The number of benzene rings is 2. The molecule has 1 atom stereocenters. The van der Waals surface area contributed by atoms with Crippen LogP contribution in [0.1, 0.15) is 30.6 Å². The Bertz CT molecular complexity index is 770. The third-order valence-corrected chi connectivity index (χ3v) is 4.32. The second kappa shape index (κ2) is 14.6. The van der Waals surface area contributed by atoms with Crippen molar-refractivity contribution < 1.29 is 14.3 Å². The maximum absolute atomic E-state index is 11.2. The summed E-state index contributed by atoms with van der Waals surface area (Å²) in [6, 6.07) is 17.7. The Morgan fingerprint density at radius 3 is 2.40 bits per heavy atom. The van der Waals surface area contributed by atoms with Crippen molar-refractivity contribution in [2.24, 2.45) is 4.99 Å². The molecule has 30 heavy (non-hydrogen) atoms. The van der Waals surface area contributed by atoms with Crippen molar-refractivity contribution in [3.05, 3.63) is 65.7 Å². The first kappa shape index (κ1) is 25.7. The standard InChI is InChI=1S/C22H30N4O3.HI/c1-17(19-8-5-4-6-9-19)29-15-7-14-24-21(23-2)25-16-18-10-12-20(13-11-18)26-22(27)28-3;/h4-6,8-13,17H,7,14-16H2,1-3H3,(H,26,27)(H2,23,24,25);1H. The molecule has 2 aromatic carbocycles. The second-order valence-electron chi connectivity index (χ2n) is 6.44. The number of halogens is 1. The van der Waals surface area contributed by atoms with E-state index in [4.69, 9.17) is 4.74 Å². The number of hydrogen-bond donors (Lipinski definition) is 3. The van der Waals surface area contributed by atoms with Crippen LogP contribution in [-0.4, -0.2) is 39.4 Å². The van der Waals surface area contributed by atoms with Gasteiger partial charge in [0.05, 0.1) is 13.2 Å². The molecule has 7 nitrogen and oxygen atoms in total. The highest BCUT2D eigenvalue weighted by Crippen LogP contribution is 2.15. The number of methoxy groups -OCH3 is 1. The van der Waals surface area contributed by atoms with E-state index in [-0.39, 0.29) is 30.1 Å². The molecule has 0 bridgehead atoms. The Balaban J connectivity index is 0.00000450. The molecule has 1 amide bonds. The number of hydrogen-bond acceptors (Lipinski definition) is 4. The van der Waals surface area contributed by atoms with Gasteiger partial charge in [0.1, 0.15) is 0 Å². The molecule has 1 unspecified atom stereocenters. The number of nitrogens with zero attached hydrogens (tertiary/aromatic N) is 1. The molecule has 3 N–H and O–H groups in total. The minimum Gasteiger partial charge on any atom is -0.453 e. The third kappa shape index (κ3) is 9.45. The number of rotatable bonds is 9. The van der Waals surface area contributed by atoms with Crippen molar-refractivity contribution in [2.45, 2.75) is 26.0 Å². The van der Waals surface area contributed by atoms with Crippen molar-refractivity contribution in [1.29, 1.82) is 0 Å². The molecule has 2 rings (SSSR count). The summed E-state index contributed by atoms with van der Waals surface area (Å²) < 4.78 is 10.5. The number of nitrogens with one attached hydrogen (secondary N) is 3. The van der Waals surface area contributed by atoms with E-state index in [1.54, 1.807) is 7.05 Å². The van der Waals surface area contributed by atoms with Crippen LogP contribution in [-0.2, 0) is 16.0 Å². The highest BCUT2D eigenvalue weighted by atomic mass is 127. The summed E-state index contributed by atoms with van der Waals surface area (Å²) in [7, 11) is 3.08. The van der Waals surface area contributed by atoms with Crippen LogP contribution < -0.4 is 16.0 Å². The monoisotopic (exact) mass is 526 g/mol. The Morgan fingerprint density at radius 1 is 1.07 bits per heavy atom. The van der Waals surface area contributed by atoms with Crippen LogP contribution in [0.15, 0.2) is 59.6 Å². The molecule has 0 aliphatic carbocycles. The van der Waals surface area contributed by atoms with Crippen LogP contribution >= 0.6 is 24.0 Å². The van der Waals surface area contributed by atoms with Gasteiger partial charge in [-0.25, -0.2) is 4.79 Å². The van der Waals surface area contributed by atoms with Gasteiger partial charge in [0.2, 0.25) is 0 Å². The summed E-state index contributed by atoms with van der Waals surface area (Å²) in [6.45, 7) is 4.13. The van der Waals surface area contributed by atoms with E-state index < -0.39 is 6.09 Å². The first-order valence-electron chi connectivity index (χ1n) is 9.67. The van der Waals surface area contributed by atoms with Crippen molar-refractivity contribution in [1.82, 2.24) is 10.6 Å². The van der Waals surface area contributed by atoms with Crippen LogP contribution in [0.2, 0.25) is 0 Å². The summed E-state index contributed by atoms with van der Waals surface area (Å²) in [5.74, 6) is 0.734. The third-order valence-electron chi connectivity index (χ3n) is 4.32. The van der Waals surface area contributed by atoms with Crippen molar-refractivity contribution in [3.63, 3.8) is 0 Å². The summed E-state index contributed by atoms with van der Waals surface area (Å²) in [4.78, 5) is 15.4. The predicted octanol–water partition coefficient (Wildman–Crippen LogP) is 4.32. The number of ether oxygens (including phenoxy) is 2. The smallest absolute Gasteiger partial charge is 0.411 e. The highest BCUT2D eigenvalue weighted by molar-refractivity contribution is 14.0. The molecule has 0 saturated carbocycles. The number of aliphatic imine (C=N–C) groups is 1. The van der Waals surface area contributed by atoms with Gasteiger partial charge in [-0.15, -0.1) is 24.0 Å². The number of carbonyl (C=O) groups is 1. The summed E-state index contributed by atoms with van der Waals surface area (Å²) >= 11 is 0. The molecule has 0 aliphatic heterocycles. The quantitative estimate of drug-likeness (QED) is 0.196. The van der Waals surface area contributed by atoms with Crippen LogP contribution in [0, 0.1) is 0 Å². The largest absolute Gasteiger partial charge is 0.453 e. The molecule has 0 spiro atoms. The van der Waals surface area contributed by atoms with Crippen LogP contribution in [0.3, 0.4) is 0 Å². The van der Waals surface area contributed by atoms with E-state index in [9.17, 15) is 4.79 Å². The van der Waals surface area contributed by atoms with Crippen molar-refractivity contribution in [2.75, 3.05) is 32.6 Å². The maximum Gasteiger partial charge on any atom is 0.411 e. The number of anilines is 1. The van der Waals surface area contributed by atoms with Crippen molar-refractivity contribution >= 4 is 41.7 Å². The van der Waals surface area contributed by atoms with Crippen LogP contribution in [0.25, 0.3) is 0 Å². The van der Waals surface area contributed by atoms with E-state index in [0.717, 1.165) is 24.5 Å². The first-order valence-corrected chi connectivity index (χ1v) is 9.67. The lowest BCUT2D eigenvalue weighted by Crippen LogP contribution is -2.37. The molecule has 0 aliphatic rings. The molecule has 0 radical (unpaired) electrons. The number of carbonyl (C=O) groups excluding carboxylic acids is 1. The fourth-order valence-electron chi connectivity index (χ4n) is 2.64. The molecular weight excluding hydrogens is 495 g/mol. The van der Waals surface area contributed by atoms with E-state index in [0.29, 0.717) is 18.8 Å². The summed E-state index contributed by atoms with van der Waals surface area (Å²) in [6.07, 6.45) is 0.485. The van der Waals surface area contributed by atoms with E-state index in [1.807, 2.05) is 42.5 Å². The van der Waals surface area contributed by atoms with Gasteiger partial charge >= 0.3 is 6.09 Å². The van der Waals surface area contributed by atoms with Gasteiger partial charge in [0, 0.05) is 32.4 Å². The van der Waals surface area contributed by atoms with E-state index in [1.165, 1.54) is 12.7 Å². The van der Waals surface area contributed by atoms with Gasteiger partial charge < -0.3 is 20.1 Å². The average molecular weight is 526 g/mol. The maximum atomic E-state index is 11.2. The normalized spacial score (nSPS) is 11.8. The summed E-state index contributed by atoms with van der Waals surface area (Å²) in [5, 5.41) is 9.18. The lowest BCUT2D eigenvalue weighted by atomic mass is 10.1. The Morgan fingerprint density at radius 2 is 1.77 bits per heavy atom. The topological polar surface area (TPSA) is 84.0 Å². The zero-order valence-corrected chi connectivity index (χ0v) is 20.0. The molecule has 0 heterocycles. The second-order valence-corrected chi connectivity index (χ2v) is 6.44. The molecule has 2 aromatic rings. The molecule has 0 aromatic heterocycles. The van der Waals surface area contributed by atoms with Crippen molar-refractivity contribution in [3.8, 4) is 0 Å². The zero-order valence-electron chi connectivity index (χ0n) is 17.7. The zero-order chi connectivity index (χ0) is 20.9. The number of guanidine groups is 1. The Hall–Kier alpha value is -2.33. The average Bonchev–Trinajstić information content (AvgIpc) is 2.77. The Labute approximate surface area is 195 Å². The van der Waals surface area contributed by atoms with Gasteiger partial charge in [-0.05, 0) is 36.6 Å². The molecule has 0 saturated heterocycles. The molecule has 0 fully saturated rings. The van der Waals surface area contributed by atoms with Gasteiger partial charge in [-0.1, -0.05) is 42.5 Å². The van der Waals surface area contributed by atoms with Gasteiger partial charge in [-0.3, -0.25) is 10.3 Å². The van der Waals surface area contributed by atoms with Gasteiger partial charge in [0.15, 0.2) is 5.96 Å². The van der Waals surface area contributed by atoms with E-state index >= 15 is 0 Å². The van der Waals surface area contributed by atoms with Crippen LogP contribution in [0.5, 0.6) is 0 Å². The van der Waals surface area contributed by atoms with Crippen LogP contribution in [0.4, 0.5) is 10.5 Å². The van der Waals surface area contributed by atoms with E-state index in [2.05, 4.69) is 44.7 Å². The summed E-state index contributed by atoms with van der Waals surface area (Å²) in [5.41, 5.74) is 2.95.